The Kier molecular flexibility index (Phi) is 9.42. The first kappa shape index (κ1) is 28.4. The molecule has 0 aliphatic carbocycles. The zero-order valence-electron chi connectivity index (χ0n) is 21.4. The van der Waals surface area contributed by atoms with Gasteiger partial charge < -0.3 is 19.9 Å². The molecule has 1 saturated heterocycles. The number of rotatable bonds is 6. The van der Waals surface area contributed by atoms with Crippen molar-refractivity contribution < 1.29 is 14.3 Å². The molecule has 1 heterocycles. The quantitative estimate of drug-likeness (QED) is 0.419. The molecule has 36 heavy (non-hydrogen) atoms. The first-order valence-electron chi connectivity index (χ1n) is 12.1. The maximum atomic E-state index is 13.7. The lowest BCUT2D eigenvalue weighted by Gasteiger charge is -2.44. The number of amides is 2. The number of ether oxygens (including phenoxy) is 1. The standard InChI is InChI=1S/C27H34Cl3N3O3/c1-17(2)14-22(31-26(35)36-27(3,4)5)25(34)32-12-13-33(23-11-10-20(29)15-21(23)30)24(16-32)18-6-8-19(28)9-7-18/h6-11,15,17,22,24H,12-14,16H2,1-5H3,(H,31,35)/t22-,24+/m1/s1. The lowest BCUT2D eigenvalue weighted by atomic mass is 9.98. The minimum absolute atomic E-state index is 0.129. The van der Waals surface area contributed by atoms with Crippen LogP contribution in [0, 0.1) is 5.92 Å². The van der Waals surface area contributed by atoms with E-state index in [0.29, 0.717) is 41.1 Å². The number of benzene rings is 2. The van der Waals surface area contributed by atoms with Gasteiger partial charge in [-0.25, -0.2) is 4.79 Å². The Hall–Kier alpha value is -2.15. The van der Waals surface area contributed by atoms with Crippen molar-refractivity contribution in [3.8, 4) is 0 Å². The highest BCUT2D eigenvalue weighted by molar-refractivity contribution is 6.36. The van der Waals surface area contributed by atoms with Crippen molar-refractivity contribution in [1.29, 1.82) is 0 Å². The molecule has 196 valence electrons. The Morgan fingerprint density at radius 1 is 1.03 bits per heavy atom. The number of carbonyl (C=O) groups is 2. The molecule has 1 fully saturated rings. The molecule has 0 unspecified atom stereocenters. The predicted molar refractivity (Wildman–Crippen MR) is 147 cm³/mol. The summed E-state index contributed by atoms with van der Waals surface area (Å²) in [5.74, 6) is 0.0745. The van der Waals surface area contributed by atoms with Gasteiger partial charge in [0.2, 0.25) is 5.91 Å². The Bertz CT molecular complexity index is 1070. The second-order valence-corrected chi connectivity index (χ2v) is 11.7. The van der Waals surface area contributed by atoms with Gasteiger partial charge in [0.25, 0.3) is 0 Å². The molecular formula is C27H34Cl3N3O3. The zero-order chi connectivity index (χ0) is 26.6. The third-order valence-corrected chi connectivity index (χ3v) is 6.65. The number of nitrogens with zero attached hydrogens (tertiary/aromatic N) is 2. The van der Waals surface area contributed by atoms with Crippen LogP contribution < -0.4 is 10.2 Å². The average Bonchev–Trinajstić information content (AvgIpc) is 2.77. The molecule has 1 aliphatic rings. The minimum atomic E-state index is -0.684. The lowest BCUT2D eigenvalue weighted by molar-refractivity contribution is -0.134. The molecule has 0 saturated carbocycles. The van der Waals surface area contributed by atoms with Crippen LogP contribution in [0.4, 0.5) is 10.5 Å². The van der Waals surface area contributed by atoms with E-state index in [-0.39, 0.29) is 17.9 Å². The number of piperazine rings is 1. The van der Waals surface area contributed by atoms with E-state index in [4.69, 9.17) is 39.5 Å². The zero-order valence-corrected chi connectivity index (χ0v) is 23.6. The number of carbonyl (C=O) groups excluding carboxylic acids is 2. The summed E-state index contributed by atoms with van der Waals surface area (Å²) in [4.78, 5) is 30.2. The van der Waals surface area contributed by atoms with Gasteiger partial charge in [0, 0.05) is 29.7 Å². The van der Waals surface area contributed by atoms with Crippen LogP contribution >= 0.6 is 34.8 Å². The van der Waals surface area contributed by atoms with Crippen molar-refractivity contribution in [2.45, 2.75) is 58.7 Å². The minimum Gasteiger partial charge on any atom is -0.444 e. The summed E-state index contributed by atoms with van der Waals surface area (Å²) in [6.45, 7) is 10.9. The van der Waals surface area contributed by atoms with Crippen molar-refractivity contribution in [3.63, 3.8) is 0 Å². The normalized spacial score (nSPS) is 17.2. The summed E-state index contributed by atoms with van der Waals surface area (Å²) in [7, 11) is 0. The van der Waals surface area contributed by atoms with E-state index < -0.39 is 17.7 Å². The Balaban J connectivity index is 1.88. The van der Waals surface area contributed by atoms with E-state index in [1.54, 1.807) is 26.8 Å². The number of alkyl carbamates (subject to hydrolysis) is 1. The smallest absolute Gasteiger partial charge is 0.408 e. The van der Waals surface area contributed by atoms with Crippen LogP contribution in [-0.4, -0.2) is 48.2 Å². The maximum Gasteiger partial charge on any atom is 0.408 e. The highest BCUT2D eigenvalue weighted by Crippen LogP contribution is 2.37. The predicted octanol–water partition coefficient (Wildman–Crippen LogP) is 6.98. The number of hydrogen-bond acceptors (Lipinski definition) is 4. The fourth-order valence-corrected chi connectivity index (χ4v) is 4.96. The topological polar surface area (TPSA) is 61.9 Å². The molecule has 2 amide bonds. The summed E-state index contributed by atoms with van der Waals surface area (Å²) < 4.78 is 5.42. The molecule has 9 heteroatoms. The SMILES string of the molecule is CC(C)C[C@@H](NC(=O)OC(C)(C)C)C(=O)N1CCN(c2ccc(Cl)cc2Cl)[C@H](c2ccc(Cl)cc2)C1. The van der Waals surface area contributed by atoms with Gasteiger partial charge in [-0.15, -0.1) is 0 Å². The maximum absolute atomic E-state index is 13.7. The molecule has 6 nitrogen and oxygen atoms in total. The van der Waals surface area contributed by atoms with E-state index in [9.17, 15) is 9.59 Å². The highest BCUT2D eigenvalue weighted by atomic mass is 35.5. The molecule has 3 rings (SSSR count). The van der Waals surface area contributed by atoms with E-state index >= 15 is 0 Å². The van der Waals surface area contributed by atoms with Gasteiger partial charge in [0.1, 0.15) is 11.6 Å². The van der Waals surface area contributed by atoms with Crippen LogP contribution in [0.1, 0.15) is 52.6 Å². The van der Waals surface area contributed by atoms with Crippen molar-refractivity contribution in [1.82, 2.24) is 10.2 Å². The summed E-state index contributed by atoms with van der Waals surface area (Å²) in [6.07, 6.45) is -0.0882. The van der Waals surface area contributed by atoms with Crippen molar-refractivity contribution in [2.24, 2.45) is 5.92 Å². The molecule has 2 atom stereocenters. The molecular weight excluding hydrogens is 521 g/mol. The van der Waals surface area contributed by atoms with Gasteiger partial charge in [0.15, 0.2) is 0 Å². The molecule has 1 N–H and O–H groups in total. The molecule has 0 radical (unpaired) electrons. The van der Waals surface area contributed by atoms with Crippen LogP contribution in [-0.2, 0) is 9.53 Å². The molecule has 2 aromatic carbocycles. The van der Waals surface area contributed by atoms with E-state index in [0.717, 1.165) is 11.3 Å². The van der Waals surface area contributed by atoms with E-state index in [2.05, 4.69) is 10.2 Å². The van der Waals surface area contributed by atoms with Crippen LogP contribution in [0.3, 0.4) is 0 Å². The Morgan fingerprint density at radius 3 is 2.25 bits per heavy atom. The van der Waals surface area contributed by atoms with Gasteiger partial charge >= 0.3 is 6.09 Å². The summed E-state index contributed by atoms with van der Waals surface area (Å²) in [5, 5.41) is 4.55. The number of nitrogens with one attached hydrogen (secondary N) is 1. The van der Waals surface area contributed by atoms with Gasteiger partial charge in [-0.1, -0.05) is 60.8 Å². The first-order valence-corrected chi connectivity index (χ1v) is 13.2. The third kappa shape index (κ3) is 7.67. The summed E-state index contributed by atoms with van der Waals surface area (Å²) in [6, 6.07) is 12.2. The number of halogens is 3. The Morgan fingerprint density at radius 2 is 1.67 bits per heavy atom. The number of anilines is 1. The summed E-state index contributed by atoms with van der Waals surface area (Å²) >= 11 is 18.8. The van der Waals surface area contributed by atoms with Crippen molar-refractivity contribution >= 4 is 52.5 Å². The highest BCUT2D eigenvalue weighted by Gasteiger charge is 2.35. The van der Waals surface area contributed by atoms with Gasteiger partial charge in [-0.2, -0.15) is 0 Å². The molecule has 0 spiro atoms. The van der Waals surface area contributed by atoms with E-state index in [1.807, 2.05) is 55.1 Å². The van der Waals surface area contributed by atoms with Crippen LogP contribution in [0.15, 0.2) is 42.5 Å². The van der Waals surface area contributed by atoms with Crippen molar-refractivity contribution in [2.75, 3.05) is 24.5 Å². The van der Waals surface area contributed by atoms with E-state index in [1.165, 1.54) is 0 Å². The lowest BCUT2D eigenvalue weighted by Crippen LogP contribution is -2.56. The van der Waals surface area contributed by atoms with Crippen LogP contribution in [0.25, 0.3) is 0 Å². The summed E-state index contributed by atoms with van der Waals surface area (Å²) in [5.41, 5.74) is 1.20. The largest absolute Gasteiger partial charge is 0.444 e. The molecule has 0 aromatic heterocycles. The third-order valence-electron chi connectivity index (χ3n) is 5.86. The van der Waals surface area contributed by atoms with Crippen LogP contribution in [0.2, 0.25) is 15.1 Å². The van der Waals surface area contributed by atoms with Crippen LogP contribution in [0.5, 0.6) is 0 Å². The number of hydrogen-bond donors (Lipinski definition) is 1. The second kappa shape index (κ2) is 11.9. The van der Waals surface area contributed by atoms with Gasteiger partial charge in [-0.05, 0) is 69.0 Å². The molecule has 0 bridgehead atoms. The monoisotopic (exact) mass is 553 g/mol. The van der Waals surface area contributed by atoms with Crippen molar-refractivity contribution in [3.05, 3.63) is 63.1 Å². The van der Waals surface area contributed by atoms with Gasteiger partial charge in [-0.3, -0.25) is 4.79 Å². The van der Waals surface area contributed by atoms with Gasteiger partial charge in [0.05, 0.1) is 16.8 Å². The second-order valence-electron chi connectivity index (χ2n) is 10.5. The first-order chi connectivity index (χ1) is 16.8. The molecule has 2 aromatic rings. The average molecular weight is 555 g/mol. The Labute approximate surface area is 228 Å². The fraction of sp³-hybridized carbons (Fsp3) is 0.481. The fourth-order valence-electron chi connectivity index (χ4n) is 4.32. The molecule has 1 aliphatic heterocycles.